The van der Waals surface area contributed by atoms with E-state index < -0.39 is 29.7 Å². The van der Waals surface area contributed by atoms with Crippen LogP contribution < -0.4 is 9.47 Å². The zero-order chi connectivity index (χ0) is 26.2. The fourth-order valence-electron chi connectivity index (χ4n) is 4.76. The van der Waals surface area contributed by atoms with Crippen molar-refractivity contribution in [3.05, 3.63) is 114 Å². The van der Waals surface area contributed by atoms with Gasteiger partial charge in [0.1, 0.15) is 11.3 Å². The number of para-hydroxylation sites is 1. The van der Waals surface area contributed by atoms with Gasteiger partial charge in [-0.15, -0.1) is 0 Å². The highest BCUT2D eigenvalue weighted by Gasteiger charge is 2.47. The first-order valence-electron chi connectivity index (χ1n) is 12.2. The summed E-state index contributed by atoms with van der Waals surface area (Å²) < 4.78 is 13.3. The number of nitrogens with zero attached hydrogens (tertiary/aromatic N) is 3. The number of benzene rings is 2. The standard InChI is InChI=1S/C30H29N3O4/c1-30(2)36-28(34)26(29(35)37-30)25(21-12-15-22(16-13-21)32(3)4)27(33-18-8-5-9-19-33)24-17-14-20-10-6-7-11-23(20)31-24/h5-19,25,27H,1-4H3/p+1. The number of aliphatic hydroxyl groups excluding tert-OH is 1. The number of esters is 1. The maximum Gasteiger partial charge on any atom is 0.345 e. The number of ether oxygens (including phenoxy) is 2. The van der Waals surface area contributed by atoms with Crippen LogP contribution in [0, 0.1) is 0 Å². The average Bonchev–Trinajstić information content (AvgIpc) is 2.87. The number of aromatic nitrogens is 2. The van der Waals surface area contributed by atoms with Crippen molar-refractivity contribution in [2.45, 2.75) is 31.6 Å². The van der Waals surface area contributed by atoms with E-state index in [9.17, 15) is 9.90 Å². The van der Waals surface area contributed by atoms with E-state index in [0.29, 0.717) is 0 Å². The Morgan fingerprint density at radius 2 is 1.59 bits per heavy atom. The molecule has 0 bridgehead atoms. The van der Waals surface area contributed by atoms with Gasteiger partial charge >= 0.3 is 5.97 Å². The van der Waals surface area contributed by atoms with Crippen molar-refractivity contribution >= 4 is 22.6 Å². The molecule has 7 nitrogen and oxygen atoms in total. The zero-order valence-corrected chi connectivity index (χ0v) is 21.3. The molecule has 3 heterocycles. The number of aliphatic hydroxyl groups is 1. The molecule has 7 heteroatoms. The summed E-state index contributed by atoms with van der Waals surface area (Å²) in [4.78, 5) is 20.4. The lowest BCUT2D eigenvalue weighted by atomic mass is 9.82. The molecule has 188 valence electrons. The van der Waals surface area contributed by atoms with Crippen molar-refractivity contribution < 1.29 is 23.9 Å². The largest absolute Gasteiger partial charge is 0.480 e. The first-order valence-corrected chi connectivity index (χ1v) is 12.2. The molecule has 0 aliphatic carbocycles. The Balaban J connectivity index is 1.76. The number of hydrogen-bond donors (Lipinski definition) is 1. The van der Waals surface area contributed by atoms with Gasteiger partial charge in [-0.05, 0) is 29.8 Å². The van der Waals surface area contributed by atoms with Crippen LogP contribution in [0.2, 0.25) is 0 Å². The summed E-state index contributed by atoms with van der Waals surface area (Å²) in [5.41, 5.74) is 3.44. The zero-order valence-electron chi connectivity index (χ0n) is 21.3. The van der Waals surface area contributed by atoms with Gasteiger partial charge in [0.15, 0.2) is 12.4 Å². The SMILES string of the molecule is CN(C)c1ccc(C(C2=C(O)OC(C)(C)OC2=O)C(c2ccc3ccccc3n2)[n+]2ccccc2)cc1. The molecular formula is C30H30N3O4+. The monoisotopic (exact) mass is 496 g/mol. The second kappa shape index (κ2) is 9.58. The van der Waals surface area contributed by atoms with Crippen molar-refractivity contribution in [3.63, 3.8) is 0 Å². The molecule has 2 atom stereocenters. The van der Waals surface area contributed by atoms with Crippen molar-refractivity contribution in [1.82, 2.24) is 4.98 Å². The molecule has 1 aliphatic heterocycles. The minimum Gasteiger partial charge on any atom is -0.480 e. The molecule has 1 aliphatic rings. The number of carbonyl (C=O) groups excluding carboxylic acids is 1. The fraction of sp³-hybridized carbons (Fsp3) is 0.233. The molecule has 0 spiro atoms. The second-order valence-electron chi connectivity index (χ2n) is 9.77. The molecule has 0 amide bonds. The fourth-order valence-corrected chi connectivity index (χ4v) is 4.76. The molecule has 0 fully saturated rings. The van der Waals surface area contributed by atoms with Gasteiger partial charge in [0.05, 0.1) is 11.4 Å². The lowest BCUT2D eigenvalue weighted by molar-refractivity contribution is -0.716. The smallest absolute Gasteiger partial charge is 0.345 e. The number of rotatable bonds is 6. The third-order valence-electron chi connectivity index (χ3n) is 6.51. The van der Waals surface area contributed by atoms with Crippen LogP contribution in [-0.4, -0.2) is 35.9 Å². The Morgan fingerprint density at radius 1 is 0.892 bits per heavy atom. The number of pyridine rings is 2. The molecular weight excluding hydrogens is 466 g/mol. The number of hydrogen-bond acceptors (Lipinski definition) is 6. The Bertz CT molecular complexity index is 1460. The van der Waals surface area contributed by atoms with Crippen molar-refractivity contribution in [3.8, 4) is 0 Å². The van der Waals surface area contributed by atoms with Crippen LogP contribution in [0.4, 0.5) is 5.69 Å². The molecule has 0 saturated heterocycles. The third-order valence-corrected chi connectivity index (χ3v) is 6.51. The van der Waals surface area contributed by atoms with Crippen LogP contribution in [-0.2, 0) is 14.3 Å². The maximum absolute atomic E-state index is 13.4. The van der Waals surface area contributed by atoms with Gasteiger partial charge < -0.3 is 19.5 Å². The molecule has 0 saturated carbocycles. The molecule has 2 aromatic heterocycles. The predicted molar refractivity (Wildman–Crippen MR) is 141 cm³/mol. The van der Waals surface area contributed by atoms with Gasteiger partial charge in [0.25, 0.3) is 11.7 Å². The van der Waals surface area contributed by atoms with Gasteiger partial charge in [-0.2, -0.15) is 4.57 Å². The van der Waals surface area contributed by atoms with Crippen LogP contribution in [0.15, 0.2) is 103 Å². The topological polar surface area (TPSA) is 75.8 Å². The normalized spacial score (nSPS) is 16.6. The number of cyclic esters (lactones) is 1. The van der Waals surface area contributed by atoms with Crippen LogP contribution in [0.3, 0.4) is 0 Å². The summed E-state index contributed by atoms with van der Waals surface area (Å²) in [5.74, 6) is -3.01. The van der Waals surface area contributed by atoms with Crippen LogP contribution >= 0.6 is 0 Å². The first kappa shape index (κ1) is 24.3. The van der Waals surface area contributed by atoms with Gasteiger partial charge in [-0.3, -0.25) is 0 Å². The van der Waals surface area contributed by atoms with E-state index in [1.165, 1.54) is 0 Å². The van der Waals surface area contributed by atoms with Crippen molar-refractivity contribution in [2.75, 3.05) is 19.0 Å². The number of anilines is 1. The Labute approximate surface area is 216 Å². The molecule has 2 unspecified atom stereocenters. The highest BCUT2D eigenvalue weighted by Crippen LogP contribution is 2.42. The predicted octanol–water partition coefficient (Wildman–Crippen LogP) is 5.04. The third kappa shape index (κ3) is 4.85. The molecule has 2 aromatic carbocycles. The van der Waals surface area contributed by atoms with Gasteiger partial charge in [0.2, 0.25) is 6.04 Å². The second-order valence-corrected chi connectivity index (χ2v) is 9.77. The minimum absolute atomic E-state index is 0.0493. The highest BCUT2D eigenvalue weighted by molar-refractivity contribution is 5.91. The Hall–Kier alpha value is -4.39. The summed E-state index contributed by atoms with van der Waals surface area (Å²) in [7, 11) is 3.94. The van der Waals surface area contributed by atoms with E-state index >= 15 is 0 Å². The highest BCUT2D eigenvalue weighted by atomic mass is 16.8. The van der Waals surface area contributed by atoms with E-state index in [-0.39, 0.29) is 5.57 Å². The van der Waals surface area contributed by atoms with Gasteiger partial charge in [-0.25, -0.2) is 9.78 Å². The Morgan fingerprint density at radius 3 is 2.27 bits per heavy atom. The van der Waals surface area contributed by atoms with E-state index in [4.69, 9.17) is 14.5 Å². The lowest BCUT2D eigenvalue weighted by Gasteiger charge is -2.34. The molecule has 5 rings (SSSR count). The Kier molecular flexibility index (Phi) is 6.29. The quantitative estimate of drug-likeness (QED) is 0.298. The van der Waals surface area contributed by atoms with E-state index in [1.54, 1.807) is 13.8 Å². The van der Waals surface area contributed by atoms with Gasteiger partial charge in [-0.1, -0.05) is 42.5 Å². The number of fused-ring (bicyclic) bond motifs is 1. The van der Waals surface area contributed by atoms with Crippen LogP contribution in [0.25, 0.3) is 10.9 Å². The lowest BCUT2D eigenvalue weighted by Crippen LogP contribution is -2.46. The van der Waals surface area contributed by atoms with E-state index in [0.717, 1.165) is 27.8 Å². The van der Waals surface area contributed by atoms with Crippen LogP contribution in [0.5, 0.6) is 0 Å². The summed E-state index contributed by atoms with van der Waals surface area (Å²) in [6.07, 6.45) is 3.86. The molecule has 4 aromatic rings. The van der Waals surface area contributed by atoms with Crippen LogP contribution in [0.1, 0.15) is 37.1 Å². The molecule has 37 heavy (non-hydrogen) atoms. The number of carbonyl (C=O) groups is 1. The summed E-state index contributed by atoms with van der Waals surface area (Å²) in [5, 5.41) is 12.1. The van der Waals surface area contributed by atoms with Crippen molar-refractivity contribution in [1.29, 1.82) is 0 Å². The van der Waals surface area contributed by atoms with E-state index in [1.807, 2.05) is 115 Å². The minimum atomic E-state index is -1.28. The van der Waals surface area contributed by atoms with Crippen molar-refractivity contribution in [2.24, 2.45) is 0 Å². The molecule has 1 N–H and O–H groups in total. The summed E-state index contributed by atoms with van der Waals surface area (Å²) >= 11 is 0. The average molecular weight is 497 g/mol. The van der Waals surface area contributed by atoms with E-state index in [2.05, 4.69) is 0 Å². The summed E-state index contributed by atoms with van der Waals surface area (Å²) in [6.45, 7) is 3.18. The van der Waals surface area contributed by atoms with Gasteiger partial charge in [0, 0.05) is 51.1 Å². The maximum atomic E-state index is 13.4. The first-order chi connectivity index (χ1) is 17.7. The molecule has 0 radical (unpaired) electrons. The summed E-state index contributed by atoms with van der Waals surface area (Å²) in [6, 6.07) is 25.1.